The Balaban J connectivity index is 4.76. The van der Waals surface area contributed by atoms with Gasteiger partial charge in [-0.2, -0.15) is 0 Å². The first-order valence-corrected chi connectivity index (χ1v) is 13.9. The van der Waals surface area contributed by atoms with Gasteiger partial charge in [0.2, 0.25) is 5.91 Å². The maximum absolute atomic E-state index is 12.9. The Morgan fingerprint density at radius 1 is 0.550 bits per heavy atom. The van der Waals surface area contributed by atoms with Crippen LogP contribution in [0.15, 0.2) is 0 Å². The Bertz CT molecular complexity index is 841. The van der Waals surface area contributed by atoms with Gasteiger partial charge in [-0.1, -0.05) is 0 Å². The number of Topliss-reactive ketones (excluding diaryl/α,β-unsaturated/α-hetero) is 1. The number of hydrogen-bond donors (Lipinski definition) is 4. The van der Waals surface area contributed by atoms with Crippen LogP contribution in [0.25, 0.3) is 0 Å². The molecule has 0 saturated carbocycles. The smallest absolute Gasteiger partial charge is 0.408 e. The SMILES string of the molecule is CC(=O)[C@H](CCCCNC(=O)[C@H](CCCCNC(=O)OC(C)(C)C)NC(=O)OC(C)(C)C)NC(=O)OC(C)(C)C. The molecule has 0 unspecified atom stereocenters. The lowest BCUT2D eigenvalue weighted by Gasteiger charge is -2.23. The van der Waals surface area contributed by atoms with Crippen LogP contribution in [-0.4, -0.2) is 71.9 Å². The fourth-order valence-corrected chi connectivity index (χ4v) is 3.33. The summed E-state index contributed by atoms with van der Waals surface area (Å²) >= 11 is 0. The zero-order valence-electron chi connectivity index (χ0n) is 26.1. The summed E-state index contributed by atoms with van der Waals surface area (Å²) in [5.74, 6) is -0.543. The summed E-state index contributed by atoms with van der Waals surface area (Å²) in [5, 5.41) is 10.7. The van der Waals surface area contributed by atoms with Crippen LogP contribution in [0.3, 0.4) is 0 Å². The fraction of sp³-hybridized carbons (Fsp3) is 0.821. The number of hydrogen-bond acceptors (Lipinski definition) is 8. The molecular weight excluding hydrogens is 520 g/mol. The largest absolute Gasteiger partial charge is 0.444 e. The van der Waals surface area contributed by atoms with Gasteiger partial charge in [-0.25, -0.2) is 14.4 Å². The quantitative estimate of drug-likeness (QED) is 0.176. The summed E-state index contributed by atoms with van der Waals surface area (Å²) in [6.45, 7) is 17.8. The topological polar surface area (TPSA) is 161 Å². The molecule has 0 rings (SSSR count). The molecule has 0 radical (unpaired) electrons. The van der Waals surface area contributed by atoms with E-state index in [0.717, 1.165) is 0 Å². The van der Waals surface area contributed by atoms with Crippen molar-refractivity contribution in [2.45, 2.75) is 137 Å². The van der Waals surface area contributed by atoms with Gasteiger partial charge in [0.05, 0.1) is 6.04 Å². The molecule has 0 heterocycles. The van der Waals surface area contributed by atoms with Crippen molar-refractivity contribution in [3.63, 3.8) is 0 Å². The summed E-state index contributed by atoms with van der Waals surface area (Å²) < 4.78 is 15.7. The van der Waals surface area contributed by atoms with Crippen molar-refractivity contribution in [2.75, 3.05) is 13.1 Å². The minimum absolute atomic E-state index is 0.183. The van der Waals surface area contributed by atoms with E-state index in [0.29, 0.717) is 51.6 Å². The van der Waals surface area contributed by atoms with Gasteiger partial charge in [-0.05, 0) is 108 Å². The highest BCUT2D eigenvalue weighted by atomic mass is 16.6. The number of ether oxygens (including phenoxy) is 3. The standard InChI is InChI=1S/C28H52N4O8/c1-19(33)20(31-24(36)39-27(5,6)7)15-11-13-17-29-22(34)21(32-25(37)40-28(8,9)10)16-12-14-18-30-23(35)38-26(2,3)4/h20-21H,11-18H2,1-10H3,(H,29,34)(H,30,35)(H,31,36)(H,32,37)/t20-,21-/m0/s1. The molecule has 12 nitrogen and oxygen atoms in total. The van der Waals surface area contributed by atoms with Crippen LogP contribution in [0.2, 0.25) is 0 Å². The second-order valence-electron chi connectivity index (χ2n) is 12.7. The Morgan fingerprint density at radius 3 is 1.35 bits per heavy atom. The van der Waals surface area contributed by atoms with Gasteiger partial charge < -0.3 is 35.5 Å². The van der Waals surface area contributed by atoms with E-state index in [4.69, 9.17) is 14.2 Å². The molecule has 0 saturated heterocycles. The number of rotatable bonds is 14. The average Bonchev–Trinajstić information content (AvgIpc) is 2.72. The summed E-state index contributed by atoms with van der Waals surface area (Å²) in [6, 6.07) is -1.50. The molecular formula is C28H52N4O8. The summed E-state index contributed by atoms with van der Waals surface area (Å²) in [7, 11) is 0. The van der Waals surface area contributed by atoms with Crippen LogP contribution in [0.1, 0.15) is 108 Å². The monoisotopic (exact) mass is 572 g/mol. The van der Waals surface area contributed by atoms with Gasteiger partial charge in [-0.3, -0.25) is 9.59 Å². The lowest BCUT2D eigenvalue weighted by molar-refractivity contribution is -0.123. The van der Waals surface area contributed by atoms with Crippen molar-refractivity contribution in [2.24, 2.45) is 0 Å². The van der Waals surface area contributed by atoms with Crippen LogP contribution in [0.5, 0.6) is 0 Å². The first-order valence-electron chi connectivity index (χ1n) is 13.9. The molecule has 0 aliphatic carbocycles. The number of amides is 4. The van der Waals surface area contributed by atoms with E-state index < -0.39 is 47.2 Å². The predicted octanol–water partition coefficient (Wildman–Crippen LogP) is 4.34. The van der Waals surface area contributed by atoms with Gasteiger partial charge >= 0.3 is 18.3 Å². The second kappa shape index (κ2) is 16.9. The Hall–Kier alpha value is -3.05. The van der Waals surface area contributed by atoms with Crippen molar-refractivity contribution >= 4 is 30.0 Å². The zero-order valence-corrected chi connectivity index (χ0v) is 26.1. The molecule has 40 heavy (non-hydrogen) atoms. The maximum atomic E-state index is 12.9. The highest BCUT2D eigenvalue weighted by Gasteiger charge is 2.25. The molecule has 0 aliphatic rings. The molecule has 2 atom stereocenters. The van der Waals surface area contributed by atoms with Crippen LogP contribution in [0, 0.1) is 0 Å². The summed E-state index contributed by atoms with van der Waals surface area (Å²) in [6.07, 6.45) is 1.14. The van der Waals surface area contributed by atoms with Crippen LogP contribution < -0.4 is 21.3 Å². The van der Waals surface area contributed by atoms with E-state index in [1.165, 1.54) is 6.92 Å². The minimum Gasteiger partial charge on any atom is -0.444 e. The first kappa shape index (κ1) is 37.0. The van der Waals surface area contributed by atoms with E-state index in [9.17, 15) is 24.0 Å². The average molecular weight is 573 g/mol. The van der Waals surface area contributed by atoms with Gasteiger partial charge in [-0.15, -0.1) is 0 Å². The Labute approximate surface area is 239 Å². The molecule has 0 fully saturated rings. The molecule has 4 N–H and O–H groups in total. The third kappa shape index (κ3) is 20.9. The molecule has 0 aromatic carbocycles. The van der Waals surface area contributed by atoms with Gasteiger partial charge in [0.25, 0.3) is 0 Å². The van der Waals surface area contributed by atoms with Crippen LogP contribution >= 0.6 is 0 Å². The van der Waals surface area contributed by atoms with Gasteiger partial charge in [0.15, 0.2) is 5.78 Å². The van der Waals surface area contributed by atoms with Crippen molar-refractivity contribution in [1.29, 1.82) is 0 Å². The predicted molar refractivity (Wildman–Crippen MR) is 152 cm³/mol. The van der Waals surface area contributed by atoms with Crippen molar-refractivity contribution < 1.29 is 38.2 Å². The van der Waals surface area contributed by atoms with Gasteiger partial charge in [0.1, 0.15) is 22.8 Å². The van der Waals surface area contributed by atoms with E-state index in [1.54, 1.807) is 62.3 Å². The fourth-order valence-electron chi connectivity index (χ4n) is 3.33. The molecule has 0 aromatic heterocycles. The number of ketones is 1. The summed E-state index contributed by atoms with van der Waals surface area (Å²) in [5.41, 5.74) is -1.98. The molecule has 4 amide bonds. The van der Waals surface area contributed by atoms with E-state index >= 15 is 0 Å². The highest BCUT2D eigenvalue weighted by molar-refractivity contribution is 5.86. The van der Waals surface area contributed by atoms with Crippen molar-refractivity contribution in [3.05, 3.63) is 0 Å². The normalized spacial score (nSPS) is 13.3. The van der Waals surface area contributed by atoms with E-state index in [1.807, 2.05) is 0 Å². The van der Waals surface area contributed by atoms with Crippen molar-refractivity contribution in [3.8, 4) is 0 Å². The second-order valence-corrected chi connectivity index (χ2v) is 12.7. The van der Waals surface area contributed by atoms with Crippen LogP contribution in [0.4, 0.5) is 14.4 Å². The summed E-state index contributed by atoms with van der Waals surface area (Å²) in [4.78, 5) is 60.9. The van der Waals surface area contributed by atoms with Crippen LogP contribution in [-0.2, 0) is 23.8 Å². The molecule has 0 spiro atoms. The van der Waals surface area contributed by atoms with Gasteiger partial charge in [0, 0.05) is 13.1 Å². The number of alkyl carbamates (subject to hydrolysis) is 3. The van der Waals surface area contributed by atoms with Crippen molar-refractivity contribution in [1.82, 2.24) is 21.3 Å². The minimum atomic E-state index is -0.824. The number of unbranched alkanes of at least 4 members (excludes halogenated alkanes) is 2. The Kier molecular flexibility index (Phi) is 15.6. The number of carbonyl (C=O) groups excluding carboxylic acids is 5. The van der Waals surface area contributed by atoms with E-state index in [2.05, 4.69) is 21.3 Å². The van der Waals surface area contributed by atoms with E-state index in [-0.39, 0.29) is 11.7 Å². The molecule has 12 heteroatoms. The molecule has 0 aromatic rings. The highest BCUT2D eigenvalue weighted by Crippen LogP contribution is 2.11. The lowest BCUT2D eigenvalue weighted by Crippen LogP contribution is -2.48. The number of nitrogens with one attached hydrogen (secondary N) is 4. The zero-order chi connectivity index (χ0) is 31.1. The Morgan fingerprint density at radius 2 is 0.925 bits per heavy atom. The third-order valence-corrected chi connectivity index (χ3v) is 5.00. The first-order chi connectivity index (χ1) is 18.2. The molecule has 0 bridgehead atoms. The molecule has 0 aliphatic heterocycles. The third-order valence-electron chi connectivity index (χ3n) is 5.00. The molecule has 232 valence electrons. The lowest BCUT2D eigenvalue weighted by atomic mass is 10.1. The maximum Gasteiger partial charge on any atom is 0.408 e. The number of carbonyl (C=O) groups is 5.